The van der Waals surface area contributed by atoms with E-state index in [1.54, 1.807) is 19.1 Å². The summed E-state index contributed by atoms with van der Waals surface area (Å²) in [6, 6.07) is 24.1. The number of hydrogen-bond acceptors (Lipinski definition) is 19. The van der Waals surface area contributed by atoms with Gasteiger partial charge in [0.1, 0.15) is 42.2 Å². The predicted molar refractivity (Wildman–Crippen MR) is 396 cm³/mol. The first-order chi connectivity index (χ1) is 50.4. The number of hydrogen-bond donors (Lipinski definition) is 3. The Kier molecular flexibility index (Phi) is 38.0. The van der Waals surface area contributed by atoms with Crippen molar-refractivity contribution in [1.29, 1.82) is 0 Å². The molecule has 3 aromatic carbocycles. The molecule has 0 radical (unpaired) electrons. The van der Waals surface area contributed by atoms with E-state index in [2.05, 4.69) is 57.5 Å². The number of amides is 4. The van der Waals surface area contributed by atoms with E-state index in [4.69, 9.17) is 47.4 Å². The summed E-state index contributed by atoms with van der Waals surface area (Å²) in [6.45, 7) is 19.2. The van der Waals surface area contributed by atoms with Gasteiger partial charge in [-0.2, -0.15) is 0 Å². The monoisotopic (exact) mass is 1470 g/mol. The van der Waals surface area contributed by atoms with Crippen molar-refractivity contribution >= 4 is 53.1 Å². The quantitative estimate of drug-likeness (QED) is 0.0205. The minimum atomic E-state index is -1.15. The average Bonchev–Trinajstić information content (AvgIpc) is 1.20. The molecule has 3 heterocycles. The molecule has 3 N–H and O–H groups in total. The van der Waals surface area contributed by atoms with Gasteiger partial charge in [-0.15, -0.1) is 0 Å². The number of nitrogens with one attached hydrogen (secondary N) is 3. The lowest BCUT2D eigenvalue weighted by atomic mass is 9.79. The first kappa shape index (κ1) is 86.6. The maximum absolute atomic E-state index is 14.3. The van der Waals surface area contributed by atoms with Crippen LogP contribution >= 0.6 is 0 Å². The molecule has 13 atom stereocenters. The summed E-state index contributed by atoms with van der Waals surface area (Å²) in [5, 5.41) is 9.04. The van der Waals surface area contributed by atoms with Gasteiger partial charge >= 0.3 is 17.9 Å². The predicted octanol–water partition coefficient (Wildman–Crippen LogP) is 12.0. The summed E-state index contributed by atoms with van der Waals surface area (Å²) in [6.07, 6.45) is 8.45. The van der Waals surface area contributed by atoms with E-state index in [1.165, 1.54) is 20.8 Å². The van der Waals surface area contributed by atoms with Crippen molar-refractivity contribution < 1.29 is 90.5 Å². The molecule has 0 aromatic heterocycles. The van der Waals surface area contributed by atoms with Gasteiger partial charge in [-0.1, -0.05) is 115 Å². The van der Waals surface area contributed by atoms with Crippen LogP contribution in [0.25, 0.3) is 0 Å². The molecule has 0 bridgehead atoms. The minimum Gasteiger partial charge on any atom is -0.497 e. The van der Waals surface area contributed by atoms with Crippen molar-refractivity contribution in [3.8, 4) is 11.5 Å². The Hall–Kier alpha value is -7.31. The lowest BCUT2D eigenvalue weighted by Gasteiger charge is -2.43. The summed E-state index contributed by atoms with van der Waals surface area (Å²) >= 11 is 0. The van der Waals surface area contributed by atoms with Crippen molar-refractivity contribution in [2.24, 2.45) is 35.5 Å². The van der Waals surface area contributed by atoms with Gasteiger partial charge in [0.2, 0.25) is 23.6 Å². The molecular weight excluding hydrogens is 1340 g/mol. The Morgan fingerprint density at radius 1 is 0.495 bits per heavy atom. The number of Topliss-reactive ketones (excluding diaryl/α,β-unsaturated/α-hetero) is 2. The van der Waals surface area contributed by atoms with Crippen molar-refractivity contribution in [2.75, 3.05) is 66.9 Å². The van der Waals surface area contributed by atoms with Crippen LogP contribution in [0.15, 0.2) is 78.9 Å². The Balaban J connectivity index is 0.927. The van der Waals surface area contributed by atoms with Crippen molar-refractivity contribution in [3.63, 3.8) is 0 Å². The second-order valence-corrected chi connectivity index (χ2v) is 29.1. The molecule has 0 spiro atoms. The van der Waals surface area contributed by atoms with Crippen LogP contribution in [0.4, 0.5) is 0 Å². The molecule has 6 rings (SSSR count). The summed E-state index contributed by atoms with van der Waals surface area (Å²) < 4.78 is 59.4. The van der Waals surface area contributed by atoms with Crippen molar-refractivity contribution in [1.82, 2.24) is 20.9 Å². The van der Waals surface area contributed by atoms with E-state index in [-0.39, 0.29) is 147 Å². The summed E-state index contributed by atoms with van der Waals surface area (Å²) in [5.74, 6) is 0.725. The van der Waals surface area contributed by atoms with Gasteiger partial charge in [0, 0.05) is 96.9 Å². The topological polar surface area (TPSA) is 285 Å². The van der Waals surface area contributed by atoms with Crippen LogP contribution in [0.1, 0.15) is 220 Å². The highest BCUT2D eigenvalue weighted by atomic mass is 16.7. The number of ketones is 2. The number of methoxy groups -OCH3 is 2. The number of carbonyl (C=O) groups is 9. The first-order valence-electron chi connectivity index (χ1n) is 38.6. The van der Waals surface area contributed by atoms with Gasteiger partial charge in [0.05, 0.1) is 58.1 Å². The third-order valence-electron chi connectivity index (χ3n) is 21.3. The fraction of sp³-hybridized carbons (Fsp3) is 0.671. The number of unbranched alkanes of at least 4 members (excludes halogenated alkanes) is 8. The van der Waals surface area contributed by atoms with E-state index in [0.29, 0.717) is 140 Å². The number of likely N-dealkylation sites (tertiary alicyclic amines) is 1. The van der Waals surface area contributed by atoms with Crippen LogP contribution in [0.3, 0.4) is 0 Å². The Morgan fingerprint density at radius 2 is 0.962 bits per heavy atom. The Morgan fingerprint density at radius 3 is 1.47 bits per heavy atom. The molecule has 3 saturated heterocycles. The molecule has 0 saturated carbocycles. The highest BCUT2D eigenvalue weighted by Gasteiger charge is 2.44. The zero-order valence-electron chi connectivity index (χ0n) is 64.4. The van der Waals surface area contributed by atoms with Crippen LogP contribution in [0.5, 0.6) is 11.5 Å². The minimum absolute atomic E-state index is 0.0476. The standard InChI is InChI=1S/C82H122N4O19/c1-55(87)36-45-79(95)103-70-50-67(52-102-82(64-28-16-14-17-29-64,65-37-41-68(96-10)42-38-65)66-39-43-69(97-11)44-40-66)86(51-70)78(94)35-20-15-24-46-83-75(91)32-19-13-12-18-31-72(90)71(85-77(93)34-23-27-49-99-81-61(7)57(3)59(5)74(105-81)54-101-63(9)89)30-21-25-47-84-76(92)33-22-26-48-98-80-60(6)56(2)58(4)73(104-80)53-100-62(8)88/h14,16-17,28-29,37-44,56-61,67,70-71,73-74,80-81H,12-13,15,18-27,30-36,45-54H2,1-11H3,(H,83,91)(H,84,92)(H,85,93)/t56?,57?,58?,59?,60?,61?,67-,70+,71-,73?,74?,80?,81?/m0/s1. The van der Waals surface area contributed by atoms with Crippen LogP contribution in [0, 0.1) is 35.5 Å². The molecule has 3 aliphatic rings. The Labute approximate surface area is 623 Å². The smallest absolute Gasteiger partial charge is 0.306 e. The zero-order chi connectivity index (χ0) is 76.3. The normalized spacial score (nSPS) is 22.6. The molecule has 105 heavy (non-hydrogen) atoms. The Bertz CT molecular complexity index is 3100. The van der Waals surface area contributed by atoms with Crippen molar-refractivity contribution in [3.05, 3.63) is 95.6 Å². The molecule has 3 aromatic rings. The molecule has 584 valence electrons. The number of carbonyl (C=O) groups excluding carboxylic acids is 9. The lowest BCUT2D eigenvalue weighted by molar-refractivity contribution is -0.255. The van der Waals surface area contributed by atoms with Gasteiger partial charge in [0.15, 0.2) is 18.4 Å². The second-order valence-electron chi connectivity index (χ2n) is 29.1. The summed E-state index contributed by atoms with van der Waals surface area (Å²) in [5.41, 5.74) is 1.37. The third-order valence-corrected chi connectivity index (χ3v) is 21.3. The zero-order valence-corrected chi connectivity index (χ0v) is 64.4. The summed E-state index contributed by atoms with van der Waals surface area (Å²) in [4.78, 5) is 117. The molecule has 10 unspecified atom stereocenters. The number of ether oxygens (including phenoxy) is 10. The SMILES string of the molecule is COc1ccc(C(OC[C@@H]2C[C@@H](OC(=O)CCC(C)=O)CN2C(=O)CCCCCNC(=O)CCCCCCC(=O)[C@H](CCCCNC(=O)CCCCOC2OC(COC(C)=O)C(C)C(C)C2C)NC(=O)CCCCOC2OC(COC(C)=O)C(C)C(C)C2C)(c2ccccc2)c2ccc(OC)cc2)cc1. The number of esters is 3. The maximum Gasteiger partial charge on any atom is 0.306 e. The van der Waals surface area contributed by atoms with E-state index < -0.39 is 42.3 Å². The number of benzene rings is 3. The van der Waals surface area contributed by atoms with Crippen LogP contribution in [0.2, 0.25) is 0 Å². The van der Waals surface area contributed by atoms with E-state index in [9.17, 15) is 43.2 Å². The van der Waals surface area contributed by atoms with Gasteiger partial charge in [-0.3, -0.25) is 38.4 Å². The molecule has 3 fully saturated rings. The molecule has 23 nitrogen and oxygen atoms in total. The van der Waals surface area contributed by atoms with Gasteiger partial charge in [0.25, 0.3) is 0 Å². The molecular formula is C82H122N4O19. The van der Waals surface area contributed by atoms with Crippen LogP contribution in [-0.4, -0.2) is 168 Å². The highest BCUT2D eigenvalue weighted by molar-refractivity contribution is 5.89. The first-order valence-corrected chi connectivity index (χ1v) is 38.6. The molecule has 23 heteroatoms. The molecule has 4 amide bonds. The lowest BCUT2D eigenvalue weighted by Crippen LogP contribution is -2.47. The van der Waals surface area contributed by atoms with Crippen LogP contribution < -0.4 is 25.4 Å². The highest BCUT2D eigenvalue weighted by Crippen LogP contribution is 2.43. The van der Waals surface area contributed by atoms with E-state index in [1.807, 2.05) is 78.9 Å². The van der Waals surface area contributed by atoms with E-state index >= 15 is 0 Å². The van der Waals surface area contributed by atoms with E-state index in [0.717, 1.165) is 29.5 Å². The largest absolute Gasteiger partial charge is 0.497 e. The van der Waals surface area contributed by atoms with Crippen molar-refractivity contribution in [2.45, 2.75) is 252 Å². The molecule has 0 aliphatic carbocycles. The maximum atomic E-state index is 14.3. The number of rotatable bonds is 48. The average molecular weight is 1470 g/mol. The fourth-order valence-corrected chi connectivity index (χ4v) is 14.1. The fourth-order valence-electron chi connectivity index (χ4n) is 14.1. The number of nitrogens with zero attached hydrogens (tertiary/aromatic N) is 1. The summed E-state index contributed by atoms with van der Waals surface area (Å²) in [7, 11) is 3.23. The van der Waals surface area contributed by atoms with Gasteiger partial charge in [-0.05, 0) is 142 Å². The van der Waals surface area contributed by atoms with Gasteiger partial charge in [-0.25, -0.2) is 0 Å². The van der Waals surface area contributed by atoms with Crippen LogP contribution in [-0.2, 0) is 86.6 Å². The van der Waals surface area contributed by atoms with Gasteiger partial charge < -0.3 is 73.0 Å². The second kappa shape index (κ2) is 46.0. The third kappa shape index (κ3) is 28.7. The molecule has 3 aliphatic heterocycles.